The Hall–Kier alpha value is -1.06. The van der Waals surface area contributed by atoms with Gasteiger partial charge >= 0.3 is 5.97 Å². The number of rotatable bonds is 2. The molecule has 1 heterocycles. The van der Waals surface area contributed by atoms with Crippen LogP contribution in [0, 0.1) is 5.92 Å². The fraction of sp³-hybridized carbons (Fsp3) is 0.846. The van der Waals surface area contributed by atoms with E-state index in [1.54, 1.807) is 0 Å². The van der Waals surface area contributed by atoms with Crippen molar-refractivity contribution in [3.05, 3.63) is 0 Å². The van der Waals surface area contributed by atoms with E-state index in [2.05, 4.69) is 0 Å². The van der Waals surface area contributed by atoms with Crippen LogP contribution >= 0.6 is 0 Å². The van der Waals surface area contributed by atoms with E-state index in [4.69, 9.17) is 5.11 Å². The molecule has 0 aromatic rings. The van der Waals surface area contributed by atoms with Crippen molar-refractivity contribution in [2.24, 2.45) is 5.92 Å². The molecule has 1 atom stereocenters. The highest BCUT2D eigenvalue weighted by atomic mass is 16.4. The molecule has 2 aliphatic rings. The van der Waals surface area contributed by atoms with Crippen molar-refractivity contribution in [1.82, 2.24) is 4.90 Å². The lowest BCUT2D eigenvalue weighted by molar-refractivity contribution is -0.141. The largest absolute Gasteiger partial charge is 0.481 e. The second-order valence-corrected chi connectivity index (χ2v) is 5.28. The first kappa shape index (κ1) is 12.4. The van der Waals surface area contributed by atoms with E-state index in [1.807, 2.05) is 4.90 Å². The number of nitrogens with zero attached hydrogens (tertiary/aromatic N) is 1. The van der Waals surface area contributed by atoms with Crippen molar-refractivity contribution in [3.63, 3.8) is 0 Å². The quantitative estimate of drug-likeness (QED) is 0.802. The van der Waals surface area contributed by atoms with Gasteiger partial charge in [0.2, 0.25) is 5.91 Å². The molecule has 2 rings (SSSR count). The van der Waals surface area contributed by atoms with Crippen molar-refractivity contribution in [2.45, 2.75) is 57.4 Å². The molecule has 1 N–H and O–H groups in total. The van der Waals surface area contributed by atoms with E-state index in [0.29, 0.717) is 12.6 Å². The van der Waals surface area contributed by atoms with E-state index in [1.165, 1.54) is 32.1 Å². The number of carbonyl (C=O) groups excluding carboxylic acids is 1. The van der Waals surface area contributed by atoms with Gasteiger partial charge in [0.15, 0.2) is 0 Å². The SMILES string of the molecule is O=C(O)[C@H]1CC(=O)N(C2CCCCCCC2)C1. The van der Waals surface area contributed by atoms with Crippen molar-refractivity contribution < 1.29 is 14.7 Å². The minimum atomic E-state index is -0.827. The number of likely N-dealkylation sites (tertiary alicyclic amines) is 1. The maximum absolute atomic E-state index is 11.8. The summed E-state index contributed by atoms with van der Waals surface area (Å²) in [5, 5.41) is 8.97. The van der Waals surface area contributed by atoms with Crippen molar-refractivity contribution in [3.8, 4) is 0 Å². The highest BCUT2D eigenvalue weighted by Gasteiger charge is 2.37. The smallest absolute Gasteiger partial charge is 0.308 e. The highest BCUT2D eigenvalue weighted by molar-refractivity contribution is 5.86. The number of carbonyl (C=O) groups is 2. The minimum absolute atomic E-state index is 0.0444. The maximum Gasteiger partial charge on any atom is 0.308 e. The summed E-state index contributed by atoms with van der Waals surface area (Å²) in [5.41, 5.74) is 0. The van der Waals surface area contributed by atoms with Gasteiger partial charge in [-0.05, 0) is 12.8 Å². The third-order valence-corrected chi connectivity index (χ3v) is 4.02. The van der Waals surface area contributed by atoms with Crippen LogP contribution in [0.3, 0.4) is 0 Å². The number of aliphatic carboxylic acids is 1. The predicted molar refractivity (Wildman–Crippen MR) is 63.6 cm³/mol. The molecule has 1 amide bonds. The summed E-state index contributed by atoms with van der Waals surface area (Å²) in [5.74, 6) is -1.26. The average Bonchev–Trinajstić information content (AvgIpc) is 2.60. The van der Waals surface area contributed by atoms with Crippen LogP contribution in [-0.2, 0) is 9.59 Å². The van der Waals surface area contributed by atoms with Gasteiger partial charge in [0.05, 0.1) is 5.92 Å². The lowest BCUT2D eigenvalue weighted by atomic mass is 9.96. The first-order valence-electron chi connectivity index (χ1n) is 6.71. The number of carboxylic acids is 1. The van der Waals surface area contributed by atoms with Crippen LogP contribution in [0.25, 0.3) is 0 Å². The monoisotopic (exact) mass is 239 g/mol. The van der Waals surface area contributed by atoms with E-state index < -0.39 is 11.9 Å². The summed E-state index contributed by atoms with van der Waals surface area (Å²) in [7, 11) is 0. The molecule has 0 aromatic heterocycles. The molecule has 4 heteroatoms. The maximum atomic E-state index is 11.8. The predicted octanol–water partition coefficient (Wildman–Crippen LogP) is 2.03. The average molecular weight is 239 g/mol. The van der Waals surface area contributed by atoms with E-state index in [9.17, 15) is 9.59 Å². The summed E-state index contributed by atoms with van der Waals surface area (Å²) < 4.78 is 0. The van der Waals surface area contributed by atoms with Crippen molar-refractivity contribution in [1.29, 1.82) is 0 Å². The van der Waals surface area contributed by atoms with Crippen LogP contribution in [0.15, 0.2) is 0 Å². The Kier molecular flexibility index (Phi) is 4.02. The third kappa shape index (κ3) is 2.99. The summed E-state index contributed by atoms with van der Waals surface area (Å²) in [4.78, 5) is 24.6. The van der Waals surface area contributed by atoms with Gasteiger partial charge in [-0.1, -0.05) is 32.1 Å². The first-order valence-corrected chi connectivity index (χ1v) is 6.71. The fourth-order valence-corrected chi connectivity index (χ4v) is 3.00. The minimum Gasteiger partial charge on any atom is -0.481 e. The van der Waals surface area contributed by atoms with Crippen LogP contribution in [0.4, 0.5) is 0 Å². The van der Waals surface area contributed by atoms with Crippen LogP contribution < -0.4 is 0 Å². The molecule has 0 bridgehead atoms. The van der Waals surface area contributed by atoms with Gasteiger partial charge in [0, 0.05) is 19.0 Å². The summed E-state index contributed by atoms with van der Waals surface area (Å²) >= 11 is 0. The molecule has 2 fully saturated rings. The highest BCUT2D eigenvalue weighted by Crippen LogP contribution is 2.27. The zero-order chi connectivity index (χ0) is 12.3. The Bertz CT molecular complexity index is 295. The molecule has 96 valence electrons. The molecule has 4 nitrogen and oxygen atoms in total. The summed E-state index contributed by atoms with van der Waals surface area (Å²) in [6.45, 7) is 0.429. The zero-order valence-electron chi connectivity index (χ0n) is 10.2. The standard InChI is InChI=1S/C13H21NO3/c15-12-8-10(13(16)17)9-14(12)11-6-4-2-1-3-5-7-11/h10-11H,1-9H2,(H,16,17)/t10-/m0/s1. The summed E-state index contributed by atoms with van der Waals surface area (Å²) in [6.07, 6.45) is 8.46. The van der Waals surface area contributed by atoms with Crippen LogP contribution in [0.1, 0.15) is 51.4 Å². The van der Waals surface area contributed by atoms with Gasteiger partial charge in [-0.25, -0.2) is 0 Å². The Morgan fingerprint density at radius 2 is 1.71 bits per heavy atom. The summed E-state index contributed by atoms with van der Waals surface area (Å²) in [6, 6.07) is 0.298. The lowest BCUT2D eigenvalue weighted by Gasteiger charge is -2.29. The Morgan fingerprint density at radius 3 is 2.24 bits per heavy atom. The number of hydrogen-bond donors (Lipinski definition) is 1. The molecule has 0 radical (unpaired) electrons. The number of hydrogen-bond acceptors (Lipinski definition) is 2. The van der Waals surface area contributed by atoms with Gasteiger partial charge in [0.1, 0.15) is 0 Å². The van der Waals surface area contributed by atoms with Crippen LogP contribution in [0.2, 0.25) is 0 Å². The van der Waals surface area contributed by atoms with Gasteiger partial charge < -0.3 is 10.0 Å². The second kappa shape index (κ2) is 5.52. The Balaban J connectivity index is 1.95. The normalized spacial score (nSPS) is 27.9. The van der Waals surface area contributed by atoms with Crippen LogP contribution in [-0.4, -0.2) is 34.5 Å². The molecule has 0 unspecified atom stereocenters. The molecule has 0 spiro atoms. The Labute approximate surface area is 102 Å². The number of carboxylic acid groups (broad SMARTS) is 1. The fourth-order valence-electron chi connectivity index (χ4n) is 3.00. The van der Waals surface area contributed by atoms with E-state index in [-0.39, 0.29) is 12.3 Å². The van der Waals surface area contributed by atoms with Gasteiger partial charge in [-0.2, -0.15) is 0 Å². The van der Waals surface area contributed by atoms with Gasteiger partial charge in [0.25, 0.3) is 0 Å². The Morgan fingerprint density at radius 1 is 1.12 bits per heavy atom. The lowest BCUT2D eigenvalue weighted by Crippen LogP contribution is -2.37. The van der Waals surface area contributed by atoms with Gasteiger partial charge in [-0.15, -0.1) is 0 Å². The van der Waals surface area contributed by atoms with Crippen molar-refractivity contribution >= 4 is 11.9 Å². The molecular weight excluding hydrogens is 218 g/mol. The molecule has 1 aliphatic heterocycles. The number of amides is 1. The first-order chi connectivity index (χ1) is 8.18. The van der Waals surface area contributed by atoms with Gasteiger partial charge in [-0.3, -0.25) is 9.59 Å². The van der Waals surface area contributed by atoms with E-state index in [0.717, 1.165) is 12.8 Å². The zero-order valence-corrected chi connectivity index (χ0v) is 10.2. The van der Waals surface area contributed by atoms with E-state index >= 15 is 0 Å². The van der Waals surface area contributed by atoms with Crippen molar-refractivity contribution in [2.75, 3.05) is 6.54 Å². The van der Waals surface area contributed by atoms with Crippen LogP contribution in [0.5, 0.6) is 0 Å². The molecule has 1 saturated carbocycles. The topological polar surface area (TPSA) is 57.6 Å². The molecule has 1 saturated heterocycles. The molecule has 1 aliphatic carbocycles. The molecule has 17 heavy (non-hydrogen) atoms. The second-order valence-electron chi connectivity index (χ2n) is 5.28. The molecular formula is C13H21NO3. The third-order valence-electron chi connectivity index (χ3n) is 4.02. The molecule has 0 aromatic carbocycles.